The van der Waals surface area contributed by atoms with Crippen molar-refractivity contribution in [2.24, 2.45) is 5.92 Å². The number of nitrogens with zero attached hydrogens (tertiary/aromatic N) is 1. The SMILES string of the molecule is CC/C=C(/C)C(=O)N1CCC[C@H](CNC(=O)[C@@H]2CCCN2)C1. The third kappa shape index (κ3) is 4.57. The molecule has 2 amide bonds. The van der Waals surface area contributed by atoms with Crippen molar-refractivity contribution in [1.29, 1.82) is 0 Å². The van der Waals surface area contributed by atoms with Crippen molar-refractivity contribution in [3.05, 3.63) is 11.6 Å². The van der Waals surface area contributed by atoms with Gasteiger partial charge in [0.25, 0.3) is 0 Å². The highest BCUT2D eigenvalue weighted by Gasteiger charge is 2.26. The Kier molecular flexibility index (Phi) is 6.43. The number of carbonyl (C=O) groups is 2. The molecule has 2 aliphatic rings. The van der Waals surface area contributed by atoms with Crippen molar-refractivity contribution < 1.29 is 9.59 Å². The topological polar surface area (TPSA) is 61.4 Å². The number of allylic oxidation sites excluding steroid dienone is 1. The van der Waals surface area contributed by atoms with Gasteiger partial charge in [-0.2, -0.15) is 0 Å². The summed E-state index contributed by atoms with van der Waals surface area (Å²) in [4.78, 5) is 26.3. The van der Waals surface area contributed by atoms with E-state index in [0.29, 0.717) is 12.5 Å². The molecule has 5 heteroatoms. The number of rotatable bonds is 5. The first kappa shape index (κ1) is 17.0. The fourth-order valence-corrected chi connectivity index (χ4v) is 3.34. The molecule has 0 aromatic heterocycles. The van der Waals surface area contributed by atoms with Crippen molar-refractivity contribution in [3.63, 3.8) is 0 Å². The van der Waals surface area contributed by atoms with Crippen LogP contribution in [0.25, 0.3) is 0 Å². The standard InChI is InChI=1S/C17H29N3O2/c1-3-6-13(2)17(22)20-10-5-7-14(12-20)11-19-16(21)15-8-4-9-18-15/h6,14-15,18H,3-5,7-12H2,1-2H3,(H,19,21)/b13-6-/t14-,15+/m1/s1. The number of hydrogen-bond donors (Lipinski definition) is 2. The molecule has 5 nitrogen and oxygen atoms in total. The van der Waals surface area contributed by atoms with Crippen LogP contribution in [0.3, 0.4) is 0 Å². The molecule has 0 aromatic carbocycles. The highest BCUT2D eigenvalue weighted by atomic mass is 16.2. The summed E-state index contributed by atoms with van der Waals surface area (Å²) in [6.07, 6.45) is 6.99. The quantitative estimate of drug-likeness (QED) is 0.756. The maximum absolute atomic E-state index is 12.3. The molecule has 2 saturated heterocycles. The molecule has 124 valence electrons. The summed E-state index contributed by atoms with van der Waals surface area (Å²) >= 11 is 0. The molecule has 2 fully saturated rings. The summed E-state index contributed by atoms with van der Waals surface area (Å²) in [5, 5.41) is 6.27. The minimum absolute atomic E-state index is 0.0175. The highest BCUT2D eigenvalue weighted by Crippen LogP contribution is 2.18. The van der Waals surface area contributed by atoms with Crippen LogP contribution in [-0.4, -0.2) is 48.9 Å². The number of carbonyl (C=O) groups excluding carboxylic acids is 2. The Morgan fingerprint density at radius 3 is 2.82 bits per heavy atom. The van der Waals surface area contributed by atoms with Gasteiger partial charge in [-0.05, 0) is 51.5 Å². The van der Waals surface area contributed by atoms with Gasteiger partial charge in [0, 0.05) is 25.2 Å². The summed E-state index contributed by atoms with van der Waals surface area (Å²) in [5.41, 5.74) is 0.836. The number of nitrogens with one attached hydrogen (secondary N) is 2. The Hall–Kier alpha value is -1.36. The zero-order valence-corrected chi connectivity index (χ0v) is 13.9. The average molecular weight is 307 g/mol. The predicted molar refractivity (Wildman–Crippen MR) is 87.4 cm³/mol. The van der Waals surface area contributed by atoms with E-state index in [9.17, 15) is 9.59 Å². The van der Waals surface area contributed by atoms with Gasteiger partial charge in [-0.1, -0.05) is 13.0 Å². The van der Waals surface area contributed by atoms with Gasteiger partial charge in [0.05, 0.1) is 6.04 Å². The van der Waals surface area contributed by atoms with Gasteiger partial charge < -0.3 is 15.5 Å². The van der Waals surface area contributed by atoms with E-state index in [-0.39, 0.29) is 17.9 Å². The van der Waals surface area contributed by atoms with Crippen LogP contribution in [0.1, 0.15) is 46.0 Å². The maximum atomic E-state index is 12.3. The largest absolute Gasteiger partial charge is 0.354 e. The highest BCUT2D eigenvalue weighted by molar-refractivity contribution is 5.92. The van der Waals surface area contributed by atoms with E-state index >= 15 is 0 Å². The molecule has 0 radical (unpaired) electrons. The molecule has 0 bridgehead atoms. The molecule has 2 rings (SSSR count). The normalized spacial score (nSPS) is 26.1. The van der Waals surface area contributed by atoms with E-state index in [2.05, 4.69) is 10.6 Å². The summed E-state index contributed by atoms with van der Waals surface area (Å²) in [6, 6.07) is -0.0175. The van der Waals surface area contributed by atoms with Gasteiger partial charge in [0.15, 0.2) is 0 Å². The molecule has 22 heavy (non-hydrogen) atoms. The first-order valence-electron chi connectivity index (χ1n) is 8.59. The predicted octanol–water partition coefficient (Wildman–Crippen LogP) is 1.45. The molecule has 2 atom stereocenters. The van der Waals surface area contributed by atoms with Crippen LogP contribution in [0.2, 0.25) is 0 Å². The Bertz CT molecular complexity index is 428. The van der Waals surface area contributed by atoms with Crippen LogP contribution in [-0.2, 0) is 9.59 Å². The Morgan fingerprint density at radius 1 is 1.32 bits per heavy atom. The first-order chi connectivity index (χ1) is 10.6. The fraction of sp³-hybridized carbons (Fsp3) is 0.765. The molecule has 0 aliphatic carbocycles. The Balaban J connectivity index is 1.79. The second-order valence-electron chi connectivity index (χ2n) is 6.45. The fourth-order valence-electron chi connectivity index (χ4n) is 3.34. The zero-order chi connectivity index (χ0) is 15.9. The molecule has 0 aromatic rings. The van der Waals surface area contributed by atoms with Crippen LogP contribution < -0.4 is 10.6 Å². The van der Waals surface area contributed by atoms with Crippen molar-refractivity contribution in [2.45, 2.75) is 52.0 Å². The van der Waals surface area contributed by atoms with Crippen molar-refractivity contribution in [1.82, 2.24) is 15.5 Å². The lowest BCUT2D eigenvalue weighted by Gasteiger charge is -2.33. The van der Waals surface area contributed by atoms with Crippen LogP contribution in [0.5, 0.6) is 0 Å². The summed E-state index contributed by atoms with van der Waals surface area (Å²) in [6.45, 7) is 7.14. The van der Waals surface area contributed by atoms with Gasteiger partial charge in [-0.3, -0.25) is 9.59 Å². The van der Waals surface area contributed by atoms with Crippen LogP contribution >= 0.6 is 0 Å². The van der Waals surface area contributed by atoms with Crippen LogP contribution in [0.4, 0.5) is 0 Å². The molecular weight excluding hydrogens is 278 g/mol. The number of piperidine rings is 1. The summed E-state index contributed by atoms with van der Waals surface area (Å²) in [7, 11) is 0. The minimum atomic E-state index is -0.0175. The van der Waals surface area contributed by atoms with Crippen LogP contribution in [0.15, 0.2) is 11.6 Å². The van der Waals surface area contributed by atoms with E-state index < -0.39 is 0 Å². The molecule has 0 saturated carbocycles. The first-order valence-corrected chi connectivity index (χ1v) is 8.59. The number of hydrogen-bond acceptors (Lipinski definition) is 3. The van der Waals surface area contributed by atoms with Crippen LogP contribution in [0, 0.1) is 5.92 Å². The maximum Gasteiger partial charge on any atom is 0.249 e. The van der Waals surface area contributed by atoms with E-state index in [0.717, 1.165) is 57.3 Å². The lowest BCUT2D eigenvalue weighted by molar-refractivity contribution is -0.128. The van der Waals surface area contributed by atoms with Gasteiger partial charge in [0.1, 0.15) is 0 Å². The average Bonchev–Trinajstić information content (AvgIpc) is 3.07. The Morgan fingerprint density at radius 2 is 2.14 bits per heavy atom. The molecule has 2 N–H and O–H groups in total. The van der Waals surface area contributed by atoms with Gasteiger partial charge in [0.2, 0.25) is 11.8 Å². The monoisotopic (exact) mass is 307 g/mol. The molecule has 0 unspecified atom stereocenters. The van der Waals surface area contributed by atoms with Crippen molar-refractivity contribution in [3.8, 4) is 0 Å². The summed E-state index contributed by atoms with van der Waals surface area (Å²) in [5.74, 6) is 0.635. The minimum Gasteiger partial charge on any atom is -0.354 e. The lowest BCUT2D eigenvalue weighted by Crippen LogP contribution is -2.46. The lowest BCUT2D eigenvalue weighted by atomic mass is 9.97. The zero-order valence-electron chi connectivity index (χ0n) is 13.9. The van der Waals surface area contributed by atoms with E-state index in [4.69, 9.17) is 0 Å². The van der Waals surface area contributed by atoms with Gasteiger partial charge in [-0.25, -0.2) is 0 Å². The molecule has 2 aliphatic heterocycles. The van der Waals surface area contributed by atoms with Crippen molar-refractivity contribution >= 4 is 11.8 Å². The van der Waals surface area contributed by atoms with Gasteiger partial charge >= 0.3 is 0 Å². The van der Waals surface area contributed by atoms with E-state index in [1.807, 2.05) is 24.8 Å². The smallest absolute Gasteiger partial charge is 0.249 e. The van der Waals surface area contributed by atoms with E-state index in [1.165, 1.54) is 0 Å². The van der Waals surface area contributed by atoms with E-state index in [1.54, 1.807) is 0 Å². The second kappa shape index (κ2) is 8.32. The molecule has 2 heterocycles. The summed E-state index contributed by atoms with van der Waals surface area (Å²) < 4.78 is 0. The Labute approximate surface area is 133 Å². The van der Waals surface area contributed by atoms with Gasteiger partial charge in [-0.15, -0.1) is 0 Å². The third-order valence-electron chi connectivity index (χ3n) is 4.60. The number of amides is 2. The third-order valence-corrected chi connectivity index (χ3v) is 4.60. The molecular formula is C17H29N3O2. The van der Waals surface area contributed by atoms with Crippen molar-refractivity contribution in [2.75, 3.05) is 26.2 Å². The molecule has 0 spiro atoms. The second-order valence-corrected chi connectivity index (χ2v) is 6.45. The number of likely N-dealkylation sites (tertiary alicyclic amines) is 1.